The maximum atomic E-state index is 11.3. The zero-order chi connectivity index (χ0) is 12.0. The van der Waals surface area contributed by atoms with Crippen molar-refractivity contribution in [1.82, 2.24) is 4.90 Å². The van der Waals surface area contributed by atoms with E-state index in [-0.39, 0.29) is 17.9 Å². The van der Waals surface area contributed by atoms with Crippen LogP contribution in [-0.4, -0.2) is 37.6 Å². The first kappa shape index (κ1) is 14.4. The van der Waals surface area contributed by atoms with Crippen LogP contribution in [0.4, 0.5) is 0 Å². The molecule has 2 unspecified atom stereocenters. The topological polar surface area (TPSA) is 29.5 Å². The number of rotatable bonds is 6. The molecule has 2 atom stereocenters. The fourth-order valence-electron chi connectivity index (χ4n) is 1.43. The number of ether oxygens (including phenoxy) is 1. The summed E-state index contributed by atoms with van der Waals surface area (Å²) < 4.78 is 4.74. The molecule has 0 N–H and O–H groups in total. The van der Waals surface area contributed by atoms with Crippen LogP contribution in [0.15, 0.2) is 0 Å². The van der Waals surface area contributed by atoms with Gasteiger partial charge in [-0.2, -0.15) is 0 Å². The molecule has 0 aliphatic rings. The van der Waals surface area contributed by atoms with Crippen LogP contribution in [0.2, 0.25) is 0 Å². The zero-order valence-electron chi connectivity index (χ0n) is 10.9. The number of methoxy groups -OCH3 is 1. The molecule has 0 amide bonds. The maximum Gasteiger partial charge on any atom is 0.309 e. The largest absolute Gasteiger partial charge is 0.469 e. The number of hydrogen-bond acceptors (Lipinski definition) is 3. The highest BCUT2D eigenvalue weighted by molar-refractivity contribution is 5.72. The Morgan fingerprint density at radius 2 is 1.80 bits per heavy atom. The van der Waals surface area contributed by atoms with Gasteiger partial charge in [-0.05, 0) is 32.9 Å². The summed E-state index contributed by atoms with van der Waals surface area (Å²) in [7, 11) is 3.51. The Kier molecular flexibility index (Phi) is 6.57. The zero-order valence-corrected chi connectivity index (χ0v) is 10.9. The van der Waals surface area contributed by atoms with Gasteiger partial charge in [-0.15, -0.1) is 0 Å². The molecule has 0 aromatic carbocycles. The molecule has 3 nitrogen and oxygen atoms in total. The third-order valence-electron chi connectivity index (χ3n) is 3.05. The molecule has 3 heteroatoms. The standard InChI is InChI=1S/C12H25NO2/c1-9(2)7-8-13(5)11(4)10(3)12(14)15-6/h9-11H,7-8H2,1-6H3. The van der Waals surface area contributed by atoms with Crippen molar-refractivity contribution in [1.29, 1.82) is 0 Å². The SMILES string of the molecule is COC(=O)C(C)C(C)N(C)CCC(C)C. The Balaban J connectivity index is 4.06. The van der Waals surface area contributed by atoms with Gasteiger partial charge in [-0.3, -0.25) is 4.79 Å². The van der Waals surface area contributed by atoms with Gasteiger partial charge in [-0.1, -0.05) is 20.8 Å². The quantitative estimate of drug-likeness (QED) is 0.636. The van der Waals surface area contributed by atoms with Crippen LogP contribution < -0.4 is 0 Å². The van der Waals surface area contributed by atoms with Crippen molar-refractivity contribution in [2.45, 2.75) is 40.2 Å². The molecule has 0 radical (unpaired) electrons. The number of carbonyl (C=O) groups is 1. The van der Waals surface area contributed by atoms with Crippen molar-refractivity contribution in [3.05, 3.63) is 0 Å². The predicted octanol–water partition coefficient (Wildman–Crippen LogP) is 2.16. The first-order valence-corrected chi connectivity index (χ1v) is 5.68. The summed E-state index contributed by atoms with van der Waals surface area (Å²) in [6.45, 7) is 9.44. The molecular formula is C12H25NO2. The first-order chi connectivity index (χ1) is 6.90. The number of carbonyl (C=O) groups excluding carboxylic acids is 1. The summed E-state index contributed by atoms with van der Waals surface area (Å²) in [5.41, 5.74) is 0. The van der Waals surface area contributed by atoms with Gasteiger partial charge in [0.25, 0.3) is 0 Å². The van der Waals surface area contributed by atoms with Gasteiger partial charge >= 0.3 is 5.97 Å². The minimum absolute atomic E-state index is 0.0628. The lowest BCUT2D eigenvalue weighted by Gasteiger charge is -2.28. The number of esters is 1. The van der Waals surface area contributed by atoms with Gasteiger partial charge in [0.1, 0.15) is 0 Å². The van der Waals surface area contributed by atoms with Gasteiger partial charge in [0.2, 0.25) is 0 Å². The lowest BCUT2D eigenvalue weighted by molar-refractivity contribution is -0.146. The molecule has 0 aromatic heterocycles. The molecule has 15 heavy (non-hydrogen) atoms. The van der Waals surface area contributed by atoms with Crippen LogP contribution in [0, 0.1) is 11.8 Å². The first-order valence-electron chi connectivity index (χ1n) is 5.68. The molecule has 0 aromatic rings. The Morgan fingerprint density at radius 3 is 2.20 bits per heavy atom. The van der Waals surface area contributed by atoms with Crippen LogP contribution in [0.5, 0.6) is 0 Å². The molecule has 0 saturated carbocycles. The molecule has 0 heterocycles. The van der Waals surface area contributed by atoms with E-state index in [1.54, 1.807) is 0 Å². The average Bonchev–Trinajstić information content (AvgIpc) is 2.22. The summed E-state index contributed by atoms with van der Waals surface area (Å²) in [5.74, 6) is 0.513. The third kappa shape index (κ3) is 5.17. The van der Waals surface area contributed by atoms with Crippen molar-refractivity contribution >= 4 is 5.97 Å². The minimum atomic E-state index is -0.126. The lowest BCUT2D eigenvalue weighted by Crippen LogP contribution is -2.39. The van der Waals surface area contributed by atoms with Gasteiger partial charge < -0.3 is 9.64 Å². The van der Waals surface area contributed by atoms with Crippen molar-refractivity contribution < 1.29 is 9.53 Å². The van der Waals surface area contributed by atoms with Gasteiger partial charge in [0.05, 0.1) is 13.0 Å². The predicted molar refractivity (Wildman–Crippen MR) is 62.7 cm³/mol. The number of nitrogens with zero attached hydrogens (tertiary/aromatic N) is 1. The van der Waals surface area contributed by atoms with Gasteiger partial charge in [0, 0.05) is 6.04 Å². The van der Waals surface area contributed by atoms with E-state index in [1.165, 1.54) is 7.11 Å². The Hall–Kier alpha value is -0.570. The summed E-state index contributed by atoms with van der Waals surface area (Å²) in [6, 6.07) is 0.233. The molecule has 0 saturated heterocycles. The second-order valence-corrected chi connectivity index (χ2v) is 4.72. The molecule has 0 rings (SSSR count). The Morgan fingerprint density at radius 1 is 1.27 bits per heavy atom. The van der Waals surface area contributed by atoms with Crippen LogP contribution in [0.25, 0.3) is 0 Å². The van der Waals surface area contributed by atoms with Crippen LogP contribution >= 0.6 is 0 Å². The molecule has 0 aliphatic heterocycles. The Labute approximate surface area is 93.8 Å². The molecular weight excluding hydrogens is 190 g/mol. The fourth-order valence-corrected chi connectivity index (χ4v) is 1.43. The van der Waals surface area contributed by atoms with E-state index >= 15 is 0 Å². The van der Waals surface area contributed by atoms with Crippen molar-refractivity contribution in [3.8, 4) is 0 Å². The second kappa shape index (κ2) is 6.83. The third-order valence-corrected chi connectivity index (χ3v) is 3.05. The maximum absolute atomic E-state index is 11.3. The second-order valence-electron chi connectivity index (χ2n) is 4.72. The highest BCUT2D eigenvalue weighted by Gasteiger charge is 2.23. The monoisotopic (exact) mass is 215 g/mol. The van der Waals surface area contributed by atoms with E-state index in [1.807, 2.05) is 6.92 Å². The molecule has 0 bridgehead atoms. The van der Waals surface area contributed by atoms with Crippen molar-refractivity contribution in [3.63, 3.8) is 0 Å². The van der Waals surface area contributed by atoms with Crippen molar-refractivity contribution in [2.24, 2.45) is 11.8 Å². The van der Waals surface area contributed by atoms with Gasteiger partial charge in [-0.25, -0.2) is 0 Å². The normalized spacial score (nSPS) is 15.5. The van der Waals surface area contributed by atoms with Crippen LogP contribution in [-0.2, 0) is 9.53 Å². The summed E-state index contributed by atoms with van der Waals surface area (Å²) in [6.07, 6.45) is 1.16. The van der Waals surface area contributed by atoms with E-state index < -0.39 is 0 Å². The van der Waals surface area contributed by atoms with E-state index in [9.17, 15) is 4.79 Å². The number of hydrogen-bond donors (Lipinski definition) is 0. The fraction of sp³-hybridized carbons (Fsp3) is 0.917. The smallest absolute Gasteiger partial charge is 0.309 e. The minimum Gasteiger partial charge on any atom is -0.469 e. The van der Waals surface area contributed by atoms with E-state index in [0.717, 1.165) is 13.0 Å². The van der Waals surface area contributed by atoms with E-state index in [4.69, 9.17) is 4.74 Å². The van der Waals surface area contributed by atoms with Crippen molar-refractivity contribution in [2.75, 3.05) is 20.7 Å². The summed E-state index contributed by atoms with van der Waals surface area (Å²) in [5, 5.41) is 0. The molecule has 0 fully saturated rings. The summed E-state index contributed by atoms with van der Waals surface area (Å²) in [4.78, 5) is 13.6. The highest BCUT2D eigenvalue weighted by Crippen LogP contribution is 2.12. The van der Waals surface area contributed by atoms with Crippen LogP contribution in [0.3, 0.4) is 0 Å². The molecule has 0 spiro atoms. The highest BCUT2D eigenvalue weighted by atomic mass is 16.5. The van der Waals surface area contributed by atoms with E-state index in [0.29, 0.717) is 5.92 Å². The molecule has 90 valence electrons. The average molecular weight is 215 g/mol. The van der Waals surface area contributed by atoms with E-state index in [2.05, 4.69) is 32.7 Å². The Bertz CT molecular complexity index is 192. The molecule has 0 aliphatic carbocycles. The summed E-state index contributed by atoms with van der Waals surface area (Å²) >= 11 is 0. The lowest BCUT2D eigenvalue weighted by atomic mass is 10.0. The van der Waals surface area contributed by atoms with Gasteiger partial charge in [0.15, 0.2) is 0 Å². The van der Waals surface area contributed by atoms with Crippen LogP contribution in [0.1, 0.15) is 34.1 Å².